The Morgan fingerprint density at radius 3 is 2.60 bits per heavy atom. The molecule has 0 aliphatic carbocycles. The zero-order chi connectivity index (χ0) is 10.7. The van der Waals surface area contributed by atoms with Crippen LogP contribution in [-0.2, 0) is 4.74 Å². The first-order chi connectivity index (χ1) is 7.27. The lowest BCUT2D eigenvalue weighted by molar-refractivity contribution is 0.170. The Kier molecular flexibility index (Phi) is 3.64. The topological polar surface area (TPSA) is 29.5 Å². The fourth-order valence-corrected chi connectivity index (χ4v) is 2.00. The molecule has 15 heavy (non-hydrogen) atoms. The van der Waals surface area contributed by atoms with Crippen LogP contribution in [0, 0.1) is 3.57 Å². The summed E-state index contributed by atoms with van der Waals surface area (Å²) in [4.78, 5) is 0. The zero-order valence-corrected chi connectivity index (χ0v) is 10.5. The van der Waals surface area contributed by atoms with E-state index in [0.29, 0.717) is 0 Å². The third-order valence-corrected chi connectivity index (χ3v) is 3.22. The Labute approximate surface area is 103 Å². The molecule has 0 fully saturated rings. The normalized spacial score (nSPS) is 17.9. The summed E-state index contributed by atoms with van der Waals surface area (Å²) in [5.41, 5.74) is 1.91. The van der Waals surface area contributed by atoms with Crippen LogP contribution in [0.3, 0.4) is 0 Å². The lowest BCUT2D eigenvalue weighted by Crippen LogP contribution is -2.07. The SMILES string of the molecule is OC(C1=COCCC1)c1ccc(I)cc1. The fourth-order valence-electron chi connectivity index (χ4n) is 1.64. The molecule has 2 rings (SSSR count). The average molecular weight is 316 g/mol. The van der Waals surface area contributed by atoms with Gasteiger partial charge in [0.25, 0.3) is 0 Å². The number of ether oxygens (including phenoxy) is 1. The summed E-state index contributed by atoms with van der Waals surface area (Å²) in [5, 5.41) is 10.1. The van der Waals surface area contributed by atoms with Gasteiger partial charge in [0.2, 0.25) is 0 Å². The molecular weight excluding hydrogens is 303 g/mol. The van der Waals surface area contributed by atoms with Gasteiger partial charge in [-0.3, -0.25) is 0 Å². The third-order valence-electron chi connectivity index (χ3n) is 2.50. The minimum Gasteiger partial charge on any atom is -0.501 e. The monoisotopic (exact) mass is 316 g/mol. The van der Waals surface area contributed by atoms with Crippen molar-refractivity contribution in [1.29, 1.82) is 0 Å². The van der Waals surface area contributed by atoms with E-state index in [4.69, 9.17) is 4.74 Å². The summed E-state index contributed by atoms with van der Waals surface area (Å²) in [6.45, 7) is 0.767. The first-order valence-corrected chi connectivity index (χ1v) is 6.09. The lowest BCUT2D eigenvalue weighted by Gasteiger charge is -2.19. The molecule has 0 bridgehead atoms. The van der Waals surface area contributed by atoms with Crippen molar-refractivity contribution in [2.75, 3.05) is 6.61 Å². The summed E-state index contributed by atoms with van der Waals surface area (Å²) >= 11 is 2.25. The highest BCUT2D eigenvalue weighted by Gasteiger charge is 2.15. The zero-order valence-electron chi connectivity index (χ0n) is 8.32. The molecule has 0 amide bonds. The van der Waals surface area contributed by atoms with E-state index in [1.165, 1.54) is 3.57 Å². The quantitative estimate of drug-likeness (QED) is 0.850. The molecule has 0 saturated heterocycles. The van der Waals surface area contributed by atoms with Crippen LogP contribution in [0.1, 0.15) is 24.5 Å². The van der Waals surface area contributed by atoms with Crippen LogP contribution in [-0.4, -0.2) is 11.7 Å². The van der Waals surface area contributed by atoms with Crippen molar-refractivity contribution in [2.45, 2.75) is 18.9 Å². The summed E-state index contributed by atoms with van der Waals surface area (Å²) < 4.78 is 6.40. The Hall–Kier alpha value is -0.550. The number of aliphatic hydroxyl groups is 1. The molecule has 80 valence electrons. The maximum Gasteiger partial charge on any atom is 0.103 e. The first-order valence-electron chi connectivity index (χ1n) is 5.01. The van der Waals surface area contributed by atoms with Crippen LogP contribution in [0.15, 0.2) is 36.1 Å². The predicted molar refractivity (Wildman–Crippen MR) is 67.4 cm³/mol. The Morgan fingerprint density at radius 1 is 1.27 bits per heavy atom. The molecule has 0 spiro atoms. The molecule has 1 heterocycles. The molecule has 1 N–H and O–H groups in total. The van der Waals surface area contributed by atoms with Gasteiger partial charge in [-0.15, -0.1) is 0 Å². The van der Waals surface area contributed by atoms with Gasteiger partial charge in [-0.25, -0.2) is 0 Å². The van der Waals surface area contributed by atoms with Crippen LogP contribution >= 0.6 is 22.6 Å². The van der Waals surface area contributed by atoms with Crippen molar-refractivity contribution in [1.82, 2.24) is 0 Å². The number of hydrogen-bond donors (Lipinski definition) is 1. The second kappa shape index (κ2) is 4.99. The fraction of sp³-hybridized carbons (Fsp3) is 0.333. The van der Waals surface area contributed by atoms with E-state index in [0.717, 1.165) is 30.6 Å². The van der Waals surface area contributed by atoms with E-state index in [9.17, 15) is 5.11 Å². The molecule has 2 nitrogen and oxygen atoms in total. The van der Waals surface area contributed by atoms with E-state index in [2.05, 4.69) is 22.6 Å². The second-order valence-electron chi connectivity index (χ2n) is 3.62. The molecule has 1 aromatic rings. The molecular formula is C12H13IO2. The highest BCUT2D eigenvalue weighted by Crippen LogP contribution is 2.27. The average Bonchev–Trinajstić information content (AvgIpc) is 2.30. The van der Waals surface area contributed by atoms with Crippen molar-refractivity contribution in [3.63, 3.8) is 0 Å². The molecule has 1 unspecified atom stereocenters. The first kappa shape index (κ1) is 11.0. The van der Waals surface area contributed by atoms with E-state index in [1.54, 1.807) is 6.26 Å². The molecule has 0 saturated carbocycles. The third kappa shape index (κ3) is 2.72. The summed E-state index contributed by atoms with van der Waals surface area (Å²) in [6, 6.07) is 7.93. The van der Waals surface area contributed by atoms with Gasteiger partial charge >= 0.3 is 0 Å². The van der Waals surface area contributed by atoms with E-state index >= 15 is 0 Å². The number of rotatable bonds is 2. The number of hydrogen-bond acceptors (Lipinski definition) is 2. The number of halogens is 1. The molecule has 1 aliphatic rings. The highest BCUT2D eigenvalue weighted by atomic mass is 127. The minimum absolute atomic E-state index is 0.512. The largest absolute Gasteiger partial charge is 0.501 e. The summed E-state index contributed by atoms with van der Waals surface area (Å²) in [7, 11) is 0. The van der Waals surface area contributed by atoms with Gasteiger partial charge in [0.1, 0.15) is 6.10 Å². The number of aliphatic hydroxyl groups excluding tert-OH is 1. The second-order valence-corrected chi connectivity index (χ2v) is 4.87. The van der Waals surface area contributed by atoms with Crippen LogP contribution in [0.25, 0.3) is 0 Å². The van der Waals surface area contributed by atoms with E-state index in [-0.39, 0.29) is 0 Å². The van der Waals surface area contributed by atoms with E-state index < -0.39 is 6.10 Å². The number of benzene rings is 1. The lowest BCUT2D eigenvalue weighted by atomic mass is 9.98. The smallest absolute Gasteiger partial charge is 0.103 e. The van der Waals surface area contributed by atoms with Crippen molar-refractivity contribution >= 4 is 22.6 Å². The van der Waals surface area contributed by atoms with Gasteiger partial charge in [-0.1, -0.05) is 12.1 Å². The van der Waals surface area contributed by atoms with Gasteiger partial charge in [-0.05, 0) is 58.7 Å². The van der Waals surface area contributed by atoms with Gasteiger partial charge in [0.15, 0.2) is 0 Å². The van der Waals surface area contributed by atoms with Gasteiger partial charge in [0.05, 0.1) is 12.9 Å². The Bertz CT molecular complexity index is 356. The minimum atomic E-state index is -0.512. The van der Waals surface area contributed by atoms with Crippen LogP contribution in [0.4, 0.5) is 0 Å². The van der Waals surface area contributed by atoms with Crippen molar-refractivity contribution in [3.05, 3.63) is 45.2 Å². The standard InChI is InChI=1S/C12H13IO2/c13-11-5-3-9(4-6-11)12(14)10-2-1-7-15-8-10/h3-6,8,12,14H,1-2,7H2. The van der Waals surface area contributed by atoms with Crippen molar-refractivity contribution < 1.29 is 9.84 Å². The van der Waals surface area contributed by atoms with Crippen LogP contribution in [0.2, 0.25) is 0 Å². The predicted octanol–water partition coefficient (Wildman–Crippen LogP) is 3.02. The molecule has 0 radical (unpaired) electrons. The molecule has 1 aromatic carbocycles. The van der Waals surface area contributed by atoms with Crippen molar-refractivity contribution in [3.8, 4) is 0 Å². The van der Waals surface area contributed by atoms with Gasteiger partial charge in [-0.2, -0.15) is 0 Å². The summed E-state index contributed by atoms with van der Waals surface area (Å²) in [6.07, 6.45) is 3.11. The van der Waals surface area contributed by atoms with Gasteiger partial charge < -0.3 is 9.84 Å². The molecule has 1 atom stereocenters. The highest BCUT2D eigenvalue weighted by molar-refractivity contribution is 14.1. The Morgan fingerprint density at radius 2 is 2.00 bits per heavy atom. The molecule has 1 aliphatic heterocycles. The maximum atomic E-state index is 10.1. The molecule has 0 aromatic heterocycles. The van der Waals surface area contributed by atoms with Crippen LogP contribution < -0.4 is 0 Å². The van der Waals surface area contributed by atoms with Crippen molar-refractivity contribution in [2.24, 2.45) is 0 Å². The van der Waals surface area contributed by atoms with Crippen LogP contribution in [0.5, 0.6) is 0 Å². The van der Waals surface area contributed by atoms with E-state index in [1.807, 2.05) is 24.3 Å². The Balaban J connectivity index is 2.16. The maximum absolute atomic E-state index is 10.1. The van der Waals surface area contributed by atoms with Gasteiger partial charge in [0, 0.05) is 3.57 Å². The molecule has 3 heteroatoms. The summed E-state index contributed by atoms with van der Waals surface area (Å²) in [5.74, 6) is 0.